The van der Waals surface area contributed by atoms with E-state index in [0.29, 0.717) is 12.3 Å². The third-order valence-corrected chi connectivity index (χ3v) is 5.19. The summed E-state index contributed by atoms with van der Waals surface area (Å²) in [6, 6.07) is 21.9. The van der Waals surface area contributed by atoms with Crippen LogP contribution < -0.4 is 4.74 Å². The molecular formula is C23H19NO3. The van der Waals surface area contributed by atoms with Crippen molar-refractivity contribution in [2.24, 2.45) is 0 Å². The Bertz CT molecular complexity index is 1140. The maximum atomic E-state index is 12.6. The van der Waals surface area contributed by atoms with Crippen LogP contribution in [-0.2, 0) is 17.8 Å². The number of carbonyl (C=O) groups is 1. The standard InChI is InChI=1S/C23H19NO3/c25-23(24-12-11-16-5-1-2-6-17(16)14-24)15-26-18-9-10-22-20(13-18)19-7-3-4-8-21(19)27-22/h1-10,13H,11-12,14-15H2. The molecule has 1 amide bonds. The summed E-state index contributed by atoms with van der Waals surface area (Å²) in [7, 11) is 0. The summed E-state index contributed by atoms with van der Waals surface area (Å²) in [5.74, 6) is 0.696. The van der Waals surface area contributed by atoms with Crippen molar-refractivity contribution in [1.29, 1.82) is 0 Å². The lowest BCUT2D eigenvalue weighted by Crippen LogP contribution is -2.38. The van der Waals surface area contributed by atoms with Gasteiger partial charge in [0.2, 0.25) is 0 Å². The summed E-state index contributed by atoms with van der Waals surface area (Å²) in [5, 5.41) is 2.05. The van der Waals surface area contributed by atoms with Gasteiger partial charge in [-0.25, -0.2) is 0 Å². The van der Waals surface area contributed by atoms with E-state index in [9.17, 15) is 4.79 Å². The highest BCUT2D eigenvalue weighted by atomic mass is 16.5. The van der Waals surface area contributed by atoms with E-state index in [1.54, 1.807) is 0 Å². The lowest BCUT2D eigenvalue weighted by Gasteiger charge is -2.28. The van der Waals surface area contributed by atoms with Gasteiger partial charge in [0.25, 0.3) is 5.91 Å². The Kier molecular flexibility index (Phi) is 3.82. The molecule has 0 saturated heterocycles. The molecule has 0 radical (unpaired) electrons. The van der Waals surface area contributed by atoms with Crippen molar-refractivity contribution in [3.8, 4) is 5.75 Å². The van der Waals surface area contributed by atoms with Gasteiger partial charge in [-0.3, -0.25) is 4.79 Å². The first-order valence-corrected chi connectivity index (χ1v) is 9.16. The second-order valence-electron chi connectivity index (χ2n) is 6.88. The fourth-order valence-electron chi connectivity index (χ4n) is 3.74. The van der Waals surface area contributed by atoms with Crippen LogP contribution >= 0.6 is 0 Å². The SMILES string of the molecule is O=C(COc1ccc2oc3ccccc3c2c1)N1CCc2ccccc2C1. The molecule has 0 fully saturated rings. The number of furan rings is 1. The molecule has 0 aliphatic carbocycles. The third kappa shape index (κ3) is 2.93. The van der Waals surface area contributed by atoms with Crippen molar-refractivity contribution < 1.29 is 13.9 Å². The fourth-order valence-corrected chi connectivity index (χ4v) is 3.74. The molecule has 0 N–H and O–H groups in total. The molecule has 27 heavy (non-hydrogen) atoms. The molecule has 5 rings (SSSR count). The molecule has 0 bridgehead atoms. The van der Waals surface area contributed by atoms with E-state index in [1.165, 1.54) is 11.1 Å². The van der Waals surface area contributed by atoms with Crippen LogP contribution in [-0.4, -0.2) is 24.0 Å². The highest BCUT2D eigenvalue weighted by molar-refractivity contribution is 6.05. The van der Waals surface area contributed by atoms with E-state index in [-0.39, 0.29) is 12.5 Å². The van der Waals surface area contributed by atoms with E-state index >= 15 is 0 Å². The average molecular weight is 357 g/mol. The molecule has 1 aliphatic heterocycles. The maximum absolute atomic E-state index is 12.6. The van der Waals surface area contributed by atoms with E-state index in [4.69, 9.17) is 9.15 Å². The van der Waals surface area contributed by atoms with Crippen LogP contribution in [0, 0.1) is 0 Å². The van der Waals surface area contributed by atoms with Crippen LogP contribution in [0.4, 0.5) is 0 Å². The molecule has 4 nitrogen and oxygen atoms in total. The van der Waals surface area contributed by atoms with Crippen LogP contribution in [0.5, 0.6) is 5.75 Å². The van der Waals surface area contributed by atoms with Gasteiger partial charge in [-0.2, -0.15) is 0 Å². The highest BCUT2D eigenvalue weighted by Crippen LogP contribution is 2.31. The van der Waals surface area contributed by atoms with Gasteiger partial charge in [-0.15, -0.1) is 0 Å². The molecule has 0 spiro atoms. The van der Waals surface area contributed by atoms with E-state index in [2.05, 4.69) is 18.2 Å². The Balaban J connectivity index is 1.31. The molecule has 4 heteroatoms. The van der Waals surface area contributed by atoms with Gasteiger partial charge in [0.1, 0.15) is 16.9 Å². The second kappa shape index (κ2) is 6.47. The third-order valence-electron chi connectivity index (χ3n) is 5.19. The first-order chi connectivity index (χ1) is 13.3. The molecule has 0 atom stereocenters. The number of carbonyl (C=O) groups excluding carboxylic acids is 1. The number of benzene rings is 3. The minimum atomic E-state index is 0.0154. The highest BCUT2D eigenvalue weighted by Gasteiger charge is 2.20. The van der Waals surface area contributed by atoms with Crippen molar-refractivity contribution in [3.05, 3.63) is 77.9 Å². The Morgan fingerprint density at radius 3 is 2.63 bits per heavy atom. The van der Waals surface area contributed by atoms with Gasteiger partial charge in [0.05, 0.1) is 0 Å². The molecule has 0 unspecified atom stereocenters. The van der Waals surface area contributed by atoms with Gasteiger partial charge in [-0.05, 0) is 41.8 Å². The molecule has 4 aromatic rings. The first kappa shape index (κ1) is 15.9. The predicted molar refractivity (Wildman–Crippen MR) is 105 cm³/mol. The lowest BCUT2D eigenvalue weighted by atomic mass is 10.00. The maximum Gasteiger partial charge on any atom is 0.260 e. The smallest absolute Gasteiger partial charge is 0.260 e. The van der Waals surface area contributed by atoms with Crippen molar-refractivity contribution in [3.63, 3.8) is 0 Å². The number of nitrogens with zero attached hydrogens (tertiary/aromatic N) is 1. The number of ether oxygens (including phenoxy) is 1. The summed E-state index contributed by atoms with van der Waals surface area (Å²) >= 11 is 0. The lowest BCUT2D eigenvalue weighted by molar-refractivity contribution is -0.134. The van der Waals surface area contributed by atoms with Crippen molar-refractivity contribution in [2.75, 3.05) is 13.2 Å². The molecule has 3 aromatic carbocycles. The Morgan fingerprint density at radius 1 is 0.926 bits per heavy atom. The number of hydrogen-bond acceptors (Lipinski definition) is 3. The average Bonchev–Trinajstić information content (AvgIpc) is 3.09. The monoisotopic (exact) mass is 357 g/mol. The quantitative estimate of drug-likeness (QED) is 0.540. The van der Waals surface area contributed by atoms with Gasteiger partial charge < -0.3 is 14.1 Å². The molecule has 134 valence electrons. The Hall–Kier alpha value is -3.27. The topological polar surface area (TPSA) is 42.7 Å². The summed E-state index contributed by atoms with van der Waals surface area (Å²) in [5.41, 5.74) is 4.23. The zero-order valence-electron chi connectivity index (χ0n) is 14.9. The summed E-state index contributed by atoms with van der Waals surface area (Å²) in [6.07, 6.45) is 0.898. The Labute approximate surface area is 156 Å². The Morgan fingerprint density at radius 2 is 1.70 bits per heavy atom. The van der Waals surface area contributed by atoms with E-state index in [1.807, 2.05) is 53.4 Å². The molecule has 1 aliphatic rings. The largest absolute Gasteiger partial charge is 0.484 e. The van der Waals surface area contributed by atoms with Crippen LogP contribution in [0.1, 0.15) is 11.1 Å². The van der Waals surface area contributed by atoms with E-state index < -0.39 is 0 Å². The number of hydrogen-bond donors (Lipinski definition) is 0. The number of fused-ring (bicyclic) bond motifs is 4. The van der Waals surface area contributed by atoms with Crippen LogP contribution in [0.15, 0.2) is 71.1 Å². The van der Waals surface area contributed by atoms with Crippen molar-refractivity contribution in [2.45, 2.75) is 13.0 Å². The van der Waals surface area contributed by atoms with E-state index in [0.717, 1.165) is 34.9 Å². The number of para-hydroxylation sites is 1. The van der Waals surface area contributed by atoms with Crippen LogP contribution in [0.25, 0.3) is 21.9 Å². The van der Waals surface area contributed by atoms with Gasteiger partial charge in [0, 0.05) is 23.9 Å². The van der Waals surface area contributed by atoms with Gasteiger partial charge >= 0.3 is 0 Å². The minimum absolute atomic E-state index is 0.0154. The van der Waals surface area contributed by atoms with Crippen LogP contribution in [0.3, 0.4) is 0 Å². The summed E-state index contributed by atoms with van der Waals surface area (Å²) in [6.45, 7) is 1.44. The zero-order chi connectivity index (χ0) is 18.2. The first-order valence-electron chi connectivity index (χ1n) is 9.16. The molecule has 0 saturated carbocycles. The fraction of sp³-hybridized carbons (Fsp3) is 0.174. The summed E-state index contributed by atoms with van der Waals surface area (Å²) in [4.78, 5) is 14.5. The van der Waals surface area contributed by atoms with Gasteiger partial charge in [-0.1, -0.05) is 42.5 Å². The summed E-state index contributed by atoms with van der Waals surface area (Å²) < 4.78 is 11.6. The second-order valence-corrected chi connectivity index (χ2v) is 6.88. The van der Waals surface area contributed by atoms with Gasteiger partial charge in [0.15, 0.2) is 6.61 Å². The molecule has 1 aromatic heterocycles. The van der Waals surface area contributed by atoms with Crippen molar-refractivity contribution in [1.82, 2.24) is 4.90 Å². The normalized spacial score (nSPS) is 13.7. The number of rotatable bonds is 3. The minimum Gasteiger partial charge on any atom is -0.484 e. The molecule has 2 heterocycles. The number of amides is 1. The zero-order valence-corrected chi connectivity index (χ0v) is 14.9. The molecular weight excluding hydrogens is 338 g/mol. The predicted octanol–water partition coefficient (Wildman–Crippen LogP) is 4.55. The van der Waals surface area contributed by atoms with Crippen molar-refractivity contribution >= 4 is 27.8 Å². The van der Waals surface area contributed by atoms with Crippen LogP contribution in [0.2, 0.25) is 0 Å².